The Labute approximate surface area is 143 Å². The molecular weight excluding hydrogens is 324 g/mol. The Balaban J connectivity index is 1.73. The van der Waals surface area contributed by atoms with E-state index in [-0.39, 0.29) is 12.6 Å². The van der Waals surface area contributed by atoms with Gasteiger partial charge in [-0.05, 0) is 36.4 Å². The summed E-state index contributed by atoms with van der Waals surface area (Å²) in [5.74, 6) is 3.37. The molecule has 1 atom stereocenters. The molecule has 2 aromatic carbocycles. The molecule has 124 valence electrons. The summed E-state index contributed by atoms with van der Waals surface area (Å²) in [6.45, 7) is 0.516. The highest BCUT2D eigenvalue weighted by Crippen LogP contribution is 2.15. The molecule has 2 aromatic rings. The highest BCUT2D eigenvalue weighted by molar-refractivity contribution is 7.85. The molecule has 0 saturated carbocycles. The Bertz CT molecular complexity index is 724. The van der Waals surface area contributed by atoms with Crippen molar-refractivity contribution in [2.45, 2.75) is 4.90 Å². The van der Waals surface area contributed by atoms with E-state index >= 15 is 0 Å². The summed E-state index contributed by atoms with van der Waals surface area (Å²) in [6.07, 6.45) is 5.12. The first-order valence-electron chi connectivity index (χ1n) is 7.33. The minimum atomic E-state index is -1.13. The zero-order chi connectivity index (χ0) is 17.2. The van der Waals surface area contributed by atoms with Crippen LogP contribution in [0.5, 0.6) is 5.75 Å². The number of rotatable bonds is 7. The SMILES string of the molecule is C#CCOc1ccc(NC(=O)NCC[S@](=O)c2ccccc2)cc1. The van der Waals surface area contributed by atoms with E-state index in [1.54, 1.807) is 36.4 Å². The first kappa shape index (κ1) is 17.6. The minimum absolute atomic E-state index is 0.200. The molecule has 0 radical (unpaired) electrons. The van der Waals surface area contributed by atoms with Crippen LogP contribution in [0.1, 0.15) is 0 Å². The van der Waals surface area contributed by atoms with Crippen LogP contribution in [0.4, 0.5) is 10.5 Å². The largest absolute Gasteiger partial charge is 0.481 e. The molecule has 24 heavy (non-hydrogen) atoms. The molecule has 6 heteroatoms. The molecule has 2 N–H and O–H groups in total. The van der Waals surface area contributed by atoms with Crippen molar-refractivity contribution in [2.75, 3.05) is 24.2 Å². The summed E-state index contributed by atoms with van der Waals surface area (Å²) in [5.41, 5.74) is 0.629. The van der Waals surface area contributed by atoms with Crippen molar-refractivity contribution in [2.24, 2.45) is 0 Å². The van der Waals surface area contributed by atoms with Crippen molar-refractivity contribution in [3.8, 4) is 18.1 Å². The fourth-order valence-corrected chi connectivity index (χ4v) is 2.87. The van der Waals surface area contributed by atoms with Gasteiger partial charge < -0.3 is 15.4 Å². The number of carbonyl (C=O) groups excluding carboxylic acids is 1. The molecule has 0 aliphatic rings. The molecule has 0 heterocycles. The number of urea groups is 1. The summed E-state index contributed by atoms with van der Waals surface area (Å²) >= 11 is 0. The zero-order valence-corrected chi connectivity index (χ0v) is 13.8. The molecule has 0 fully saturated rings. The number of benzene rings is 2. The fourth-order valence-electron chi connectivity index (χ4n) is 1.88. The molecule has 0 aliphatic carbocycles. The first-order valence-corrected chi connectivity index (χ1v) is 8.65. The van der Waals surface area contributed by atoms with Crippen LogP contribution in [0.25, 0.3) is 0 Å². The zero-order valence-electron chi connectivity index (χ0n) is 13.0. The number of nitrogens with one attached hydrogen (secondary N) is 2. The molecule has 2 amide bonds. The van der Waals surface area contributed by atoms with E-state index in [9.17, 15) is 9.00 Å². The van der Waals surface area contributed by atoms with Gasteiger partial charge in [0.25, 0.3) is 0 Å². The van der Waals surface area contributed by atoms with E-state index in [4.69, 9.17) is 11.2 Å². The average molecular weight is 342 g/mol. The fraction of sp³-hybridized carbons (Fsp3) is 0.167. The third-order valence-corrected chi connectivity index (χ3v) is 4.39. The smallest absolute Gasteiger partial charge is 0.319 e. The number of hydrogen-bond donors (Lipinski definition) is 2. The maximum Gasteiger partial charge on any atom is 0.319 e. The van der Waals surface area contributed by atoms with Crippen LogP contribution in [-0.4, -0.2) is 29.1 Å². The van der Waals surface area contributed by atoms with E-state index in [0.29, 0.717) is 23.7 Å². The highest BCUT2D eigenvalue weighted by Gasteiger charge is 2.05. The van der Waals surface area contributed by atoms with Crippen LogP contribution in [-0.2, 0) is 10.8 Å². The lowest BCUT2D eigenvalue weighted by Gasteiger charge is -2.08. The van der Waals surface area contributed by atoms with E-state index in [2.05, 4.69) is 16.6 Å². The van der Waals surface area contributed by atoms with Gasteiger partial charge in [-0.3, -0.25) is 4.21 Å². The second-order valence-electron chi connectivity index (χ2n) is 4.76. The number of carbonyl (C=O) groups is 1. The van der Waals surface area contributed by atoms with Crippen molar-refractivity contribution >= 4 is 22.5 Å². The van der Waals surface area contributed by atoms with Crippen LogP contribution < -0.4 is 15.4 Å². The molecule has 0 unspecified atom stereocenters. The summed E-state index contributed by atoms with van der Waals surface area (Å²) < 4.78 is 17.3. The molecule has 2 rings (SSSR count). The van der Waals surface area contributed by atoms with E-state index < -0.39 is 10.8 Å². The van der Waals surface area contributed by atoms with E-state index in [0.717, 1.165) is 4.90 Å². The van der Waals surface area contributed by atoms with Gasteiger partial charge in [0.15, 0.2) is 0 Å². The lowest BCUT2D eigenvalue weighted by molar-refractivity contribution is 0.252. The van der Waals surface area contributed by atoms with Gasteiger partial charge >= 0.3 is 6.03 Å². The lowest BCUT2D eigenvalue weighted by Crippen LogP contribution is -2.31. The Kier molecular flexibility index (Phi) is 6.87. The van der Waals surface area contributed by atoms with E-state index in [1.165, 1.54) is 0 Å². The van der Waals surface area contributed by atoms with Crippen LogP contribution >= 0.6 is 0 Å². The van der Waals surface area contributed by atoms with Gasteiger partial charge in [0.05, 0.1) is 10.8 Å². The minimum Gasteiger partial charge on any atom is -0.481 e. The summed E-state index contributed by atoms with van der Waals surface area (Å²) in [7, 11) is -1.13. The maximum absolute atomic E-state index is 12.0. The standard InChI is InChI=1S/C18H18N2O3S/c1-2-13-23-16-10-8-15(9-11-16)20-18(21)19-12-14-24(22)17-6-4-3-5-7-17/h1,3-11H,12-14H2,(H2,19,20,21)/t24-/m0/s1. The van der Waals surface area contributed by atoms with Gasteiger partial charge in [-0.2, -0.15) is 0 Å². The van der Waals surface area contributed by atoms with Gasteiger partial charge in [0.2, 0.25) is 0 Å². The van der Waals surface area contributed by atoms with Gasteiger partial charge in [0, 0.05) is 22.9 Å². The number of anilines is 1. The molecule has 0 aromatic heterocycles. The summed E-state index contributed by atoms with van der Waals surface area (Å²) in [5, 5.41) is 5.37. The monoisotopic (exact) mass is 342 g/mol. The number of ether oxygens (including phenoxy) is 1. The lowest BCUT2D eigenvalue weighted by atomic mass is 10.3. The van der Waals surface area contributed by atoms with Crippen molar-refractivity contribution in [1.82, 2.24) is 5.32 Å². The number of amides is 2. The van der Waals surface area contributed by atoms with Gasteiger partial charge in [-0.25, -0.2) is 4.79 Å². The average Bonchev–Trinajstić information content (AvgIpc) is 2.62. The van der Waals surface area contributed by atoms with Gasteiger partial charge in [-0.15, -0.1) is 6.42 Å². The summed E-state index contributed by atoms with van der Waals surface area (Å²) in [6, 6.07) is 15.7. The van der Waals surface area contributed by atoms with Crippen molar-refractivity contribution in [3.63, 3.8) is 0 Å². The molecule has 0 spiro atoms. The van der Waals surface area contributed by atoms with Crippen LogP contribution in [0.2, 0.25) is 0 Å². The predicted molar refractivity (Wildman–Crippen MR) is 95.5 cm³/mol. The second-order valence-corrected chi connectivity index (χ2v) is 6.33. The first-order chi connectivity index (χ1) is 11.7. The maximum atomic E-state index is 12.0. The molecular formula is C18H18N2O3S. The molecule has 5 nitrogen and oxygen atoms in total. The van der Waals surface area contributed by atoms with Crippen LogP contribution in [0.3, 0.4) is 0 Å². The molecule has 0 saturated heterocycles. The van der Waals surface area contributed by atoms with Crippen LogP contribution in [0.15, 0.2) is 59.5 Å². The Morgan fingerprint density at radius 2 is 1.83 bits per heavy atom. The second kappa shape index (κ2) is 9.38. The third kappa shape index (κ3) is 5.78. The quantitative estimate of drug-likeness (QED) is 0.760. The Hall–Kier alpha value is -2.78. The van der Waals surface area contributed by atoms with Crippen LogP contribution in [0, 0.1) is 12.3 Å². The van der Waals surface area contributed by atoms with Crippen molar-refractivity contribution < 1.29 is 13.7 Å². The third-order valence-electron chi connectivity index (χ3n) is 3.01. The Morgan fingerprint density at radius 1 is 1.12 bits per heavy atom. The van der Waals surface area contributed by atoms with Gasteiger partial charge in [0.1, 0.15) is 12.4 Å². The van der Waals surface area contributed by atoms with E-state index in [1.807, 2.05) is 18.2 Å². The summed E-state index contributed by atoms with van der Waals surface area (Å²) in [4.78, 5) is 12.6. The Morgan fingerprint density at radius 3 is 2.50 bits per heavy atom. The van der Waals surface area contributed by atoms with Crippen molar-refractivity contribution in [1.29, 1.82) is 0 Å². The van der Waals surface area contributed by atoms with Gasteiger partial charge in [-0.1, -0.05) is 24.1 Å². The topological polar surface area (TPSA) is 67.4 Å². The normalized spacial score (nSPS) is 11.1. The van der Waals surface area contributed by atoms with Crippen molar-refractivity contribution in [3.05, 3.63) is 54.6 Å². The number of hydrogen-bond acceptors (Lipinski definition) is 3. The highest BCUT2D eigenvalue weighted by atomic mass is 32.2. The molecule has 0 bridgehead atoms. The number of terminal acetylenes is 1. The predicted octanol–water partition coefficient (Wildman–Crippen LogP) is 2.63. The molecule has 0 aliphatic heterocycles.